The van der Waals surface area contributed by atoms with Crippen LogP contribution < -0.4 is 5.01 Å². The summed E-state index contributed by atoms with van der Waals surface area (Å²) < 4.78 is 0. The van der Waals surface area contributed by atoms with E-state index in [0.717, 1.165) is 16.9 Å². The minimum Gasteiger partial charge on any atom is -0.269 e. The van der Waals surface area contributed by atoms with E-state index < -0.39 is 6.04 Å². The molecule has 0 N–H and O–H groups in total. The molecule has 2 aromatic carbocycles. The Balaban J connectivity index is 1.82. The van der Waals surface area contributed by atoms with Crippen LogP contribution >= 0.6 is 0 Å². The van der Waals surface area contributed by atoms with E-state index >= 15 is 0 Å². The van der Waals surface area contributed by atoms with Crippen molar-refractivity contribution < 1.29 is 4.79 Å². The van der Waals surface area contributed by atoms with Crippen LogP contribution in [0.15, 0.2) is 69.9 Å². The fraction of sp³-hybridized carbons (Fsp3) is 0.176. The number of hydrogen-bond acceptors (Lipinski definition) is 4. The van der Waals surface area contributed by atoms with Gasteiger partial charge in [-0.3, -0.25) is 4.79 Å². The van der Waals surface area contributed by atoms with E-state index in [0.29, 0.717) is 5.71 Å². The molecule has 0 aliphatic carbocycles. The number of benzene rings is 2. The van der Waals surface area contributed by atoms with Gasteiger partial charge in [0.15, 0.2) is 6.04 Å². The molecule has 0 saturated carbocycles. The number of hydrazone groups is 1. The van der Waals surface area contributed by atoms with Crippen LogP contribution in [0.2, 0.25) is 0 Å². The number of aryl methyl sites for hydroxylation is 1. The van der Waals surface area contributed by atoms with Crippen molar-refractivity contribution in [2.75, 3.05) is 5.01 Å². The second-order valence-corrected chi connectivity index (χ2v) is 5.18. The maximum atomic E-state index is 12.5. The Kier molecular flexibility index (Phi) is 3.78. The summed E-state index contributed by atoms with van der Waals surface area (Å²) in [7, 11) is 0. The van der Waals surface area contributed by atoms with Gasteiger partial charge < -0.3 is 0 Å². The number of rotatable bonds is 3. The van der Waals surface area contributed by atoms with Gasteiger partial charge in [-0.1, -0.05) is 30.3 Å². The highest BCUT2D eigenvalue weighted by molar-refractivity contribution is 6.18. The van der Waals surface area contributed by atoms with Crippen molar-refractivity contribution >= 4 is 23.0 Å². The summed E-state index contributed by atoms with van der Waals surface area (Å²) >= 11 is 0. The van der Waals surface area contributed by atoms with Crippen LogP contribution in [0, 0.1) is 6.92 Å². The number of hydrogen-bond donors (Lipinski definition) is 0. The van der Waals surface area contributed by atoms with Crippen molar-refractivity contribution in [1.29, 1.82) is 0 Å². The van der Waals surface area contributed by atoms with Crippen molar-refractivity contribution in [2.45, 2.75) is 19.9 Å². The topological polar surface area (TPSA) is 57.4 Å². The summed E-state index contributed by atoms with van der Waals surface area (Å²) in [4.78, 5) is 12.5. The number of carbonyl (C=O) groups is 1. The number of carbonyl (C=O) groups excluding carboxylic acids is 1. The summed E-state index contributed by atoms with van der Waals surface area (Å²) in [5.74, 6) is -0.180. The molecule has 22 heavy (non-hydrogen) atoms. The SMILES string of the molecule is CC1=NN(c2ccccc2)C(=O)[C@H]1N=Nc1cccc(C)c1. The molecule has 110 valence electrons. The zero-order valence-electron chi connectivity index (χ0n) is 12.5. The Morgan fingerprint density at radius 2 is 1.82 bits per heavy atom. The zero-order chi connectivity index (χ0) is 15.5. The largest absolute Gasteiger partial charge is 0.280 e. The van der Waals surface area contributed by atoms with E-state index in [4.69, 9.17) is 0 Å². The summed E-state index contributed by atoms with van der Waals surface area (Å²) in [6.07, 6.45) is 0. The second-order valence-electron chi connectivity index (χ2n) is 5.18. The van der Waals surface area contributed by atoms with Crippen LogP contribution in [0.25, 0.3) is 0 Å². The Labute approximate surface area is 129 Å². The molecule has 0 radical (unpaired) electrons. The van der Waals surface area contributed by atoms with Gasteiger partial charge in [0, 0.05) is 0 Å². The van der Waals surface area contributed by atoms with Crippen molar-refractivity contribution in [3.8, 4) is 0 Å². The first-order valence-electron chi connectivity index (χ1n) is 7.07. The summed E-state index contributed by atoms with van der Waals surface area (Å²) in [6, 6.07) is 16.4. The molecule has 3 rings (SSSR count). The average molecular weight is 292 g/mol. The molecule has 0 bridgehead atoms. The van der Waals surface area contributed by atoms with E-state index in [1.54, 1.807) is 6.92 Å². The van der Waals surface area contributed by atoms with Gasteiger partial charge in [-0.15, -0.1) is 0 Å². The van der Waals surface area contributed by atoms with Gasteiger partial charge in [-0.05, 0) is 43.7 Å². The molecule has 1 aliphatic heterocycles. The molecule has 5 nitrogen and oxygen atoms in total. The van der Waals surface area contributed by atoms with Crippen LogP contribution in [0.3, 0.4) is 0 Å². The molecule has 1 aliphatic rings. The van der Waals surface area contributed by atoms with E-state index in [1.807, 2.05) is 61.5 Å². The molecule has 1 amide bonds. The van der Waals surface area contributed by atoms with Crippen LogP contribution in [-0.4, -0.2) is 17.7 Å². The minimum atomic E-state index is -0.652. The highest BCUT2D eigenvalue weighted by Crippen LogP contribution is 2.23. The molecule has 0 saturated heterocycles. The Morgan fingerprint density at radius 3 is 2.55 bits per heavy atom. The maximum absolute atomic E-state index is 12.5. The third kappa shape index (κ3) is 2.79. The first-order valence-corrected chi connectivity index (χ1v) is 7.07. The maximum Gasteiger partial charge on any atom is 0.280 e. The van der Waals surface area contributed by atoms with Crippen molar-refractivity contribution in [3.63, 3.8) is 0 Å². The van der Waals surface area contributed by atoms with Gasteiger partial charge in [0.2, 0.25) is 0 Å². The average Bonchev–Trinajstić information content (AvgIpc) is 2.81. The lowest BCUT2D eigenvalue weighted by Crippen LogP contribution is -2.29. The highest BCUT2D eigenvalue weighted by Gasteiger charge is 2.34. The third-order valence-corrected chi connectivity index (χ3v) is 3.39. The van der Waals surface area contributed by atoms with Gasteiger partial charge in [-0.2, -0.15) is 20.3 Å². The Bertz CT molecular complexity index is 752. The fourth-order valence-electron chi connectivity index (χ4n) is 2.26. The van der Waals surface area contributed by atoms with Crippen LogP contribution in [-0.2, 0) is 4.79 Å². The number of amides is 1. The molecule has 0 aromatic heterocycles. The lowest BCUT2D eigenvalue weighted by atomic mass is 10.2. The second kappa shape index (κ2) is 5.89. The smallest absolute Gasteiger partial charge is 0.269 e. The molecule has 2 aromatic rings. The van der Waals surface area contributed by atoms with Crippen molar-refractivity contribution in [1.82, 2.24) is 0 Å². The van der Waals surface area contributed by atoms with Gasteiger partial charge in [0.25, 0.3) is 5.91 Å². The monoisotopic (exact) mass is 292 g/mol. The van der Waals surface area contributed by atoms with Gasteiger partial charge >= 0.3 is 0 Å². The van der Waals surface area contributed by atoms with E-state index in [1.165, 1.54) is 5.01 Å². The summed E-state index contributed by atoms with van der Waals surface area (Å²) in [5, 5.41) is 14.0. The standard InChI is InChI=1S/C17H16N4O/c1-12-7-6-8-14(11-12)18-19-16-13(2)20-21(17(16)22)15-9-4-3-5-10-15/h3-11,16H,1-2H3/t16-/m0/s1. The first-order chi connectivity index (χ1) is 10.6. The van der Waals surface area contributed by atoms with E-state index in [9.17, 15) is 4.79 Å². The number of azo groups is 1. The fourth-order valence-corrected chi connectivity index (χ4v) is 2.26. The number of nitrogens with zero attached hydrogens (tertiary/aromatic N) is 4. The zero-order valence-corrected chi connectivity index (χ0v) is 12.5. The first kappa shape index (κ1) is 14.1. The number of anilines is 1. The van der Waals surface area contributed by atoms with E-state index in [2.05, 4.69) is 15.3 Å². The summed E-state index contributed by atoms with van der Waals surface area (Å²) in [6.45, 7) is 3.78. The quantitative estimate of drug-likeness (QED) is 0.792. The van der Waals surface area contributed by atoms with Gasteiger partial charge in [-0.25, -0.2) is 0 Å². The van der Waals surface area contributed by atoms with E-state index in [-0.39, 0.29) is 5.91 Å². The minimum absolute atomic E-state index is 0.180. The molecular weight excluding hydrogens is 276 g/mol. The van der Waals surface area contributed by atoms with Gasteiger partial charge in [0.1, 0.15) is 0 Å². The molecule has 0 fully saturated rings. The lowest BCUT2D eigenvalue weighted by Gasteiger charge is -2.11. The number of para-hydroxylation sites is 1. The predicted octanol–water partition coefficient (Wildman–Crippen LogP) is 3.87. The lowest BCUT2D eigenvalue weighted by molar-refractivity contribution is -0.117. The van der Waals surface area contributed by atoms with Crippen molar-refractivity contribution in [2.24, 2.45) is 15.3 Å². The van der Waals surface area contributed by atoms with Crippen LogP contribution in [0.4, 0.5) is 11.4 Å². The summed E-state index contributed by atoms with van der Waals surface area (Å²) in [5.41, 5.74) is 3.22. The van der Waals surface area contributed by atoms with Gasteiger partial charge in [0.05, 0.1) is 17.1 Å². The highest BCUT2D eigenvalue weighted by atomic mass is 16.2. The third-order valence-electron chi connectivity index (χ3n) is 3.39. The molecular formula is C17H16N4O. The molecule has 0 spiro atoms. The Morgan fingerprint density at radius 1 is 1.05 bits per heavy atom. The van der Waals surface area contributed by atoms with Crippen molar-refractivity contribution in [3.05, 3.63) is 60.2 Å². The molecule has 0 unspecified atom stereocenters. The van der Waals surface area contributed by atoms with Crippen LogP contribution in [0.1, 0.15) is 12.5 Å². The normalized spacial score (nSPS) is 18.1. The predicted molar refractivity (Wildman–Crippen MR) is 86.5 cm³/mol. The Hall–Kier alpha value is -2.82. The molecule has 1 atom stereocenters. The molecule has 5 heteroatoms. The van der Waals surface area contributed by atoms with Crippen LogP contribution in [0.5, 0.6) is 0 Å². The molecule has 1 heterocycles.